The van der Waals surface area contributed by atoms with Gasteiger partial charge >= 0.3 is 0 Å². The summed E-state index contributed by atoms with van der Waals surface area (Å²) in [5, 5.41) is 3.39. The number of rotatable bonds is 0. The minimum Gasteiger partial charge on any atom is -0.354 e. The van der Waals surface area contributed by atoms with Crippen molar-refractivity contribution in [2.45, 2.75) is 13.8 Å². The predicted octanol–water partition coefficient (Wildman–Crippen LogP) is 4.59. The van der Waals surface area contributed by atoms with Crippen molar-refractivity contribution in [3.8, 4) is 0 Å². The van der Waals surface area contributed by atoms with Gasteiger partial charge in [0, 0.05) is 21.3 Å². The Kier molecular flexibility index (Phi) is 1.98. The van der Waals surface area contributed by atoms with Gasteiger partial charge in [0.15, 0.2) is 0 Å². The Morgan fingerprint density at radius 2 is 1.88 bits per heavy atom. The van der Waals surface area contributed by atoms with Crippen molar-refractivity contribution in [1.29, 1.82) is 0 Å². The van der Waals surface area contributed by atoms with E-state index in [2.05, 4.69) is 37.0 Å². The fourth-order valence-electron chi connectivity index (χ4n) is 2.32. The predicted molar refractivity (Wildman–Crippen MR) is 70.3 cm³/mol. The van der Waals surface area contributed by atoms with Crippen LogP contribution in [0, 0.1) is 13.8 Å². The zero-order valence-corrected chi connectivity index (χ0v) is 10.0. The molecular formula is C14H12ClN. The Labute approximate surface area is 99.0 Å². The van der Waals surface area contributed by atoms with Gasteiger partial charge in [-0.1, -0.05) is 29.8 Å². The van der Waals surface area contributed by atoms with Gasteiger partial charge in [0.2, 0.25) is 0 Å². The van der Waals surface area contributed by atoms with E-state index in [-0.39, 0.29) is 0 Å². The lowest BCUT2D eigenvalue weighted by Crippen LogP contribution is -1.82. The normalized spacial score (nSPS) is 11.4. The molecular weight excluding hydrogens is 218 g/mol. The lowest BCUT2D eigenvalue weighted by molar-refractivity contribution is 1.42. The highest BCUT2D eigenvalue weighted by atomic mass is 35.5. The summed E-state index contributed by atoms with van der Waals surface area (Å²) in [5.41, 5.74) is 4.68. The maximum Gasteiger partial charge on any atom is 0.0512 e. The van der Waals surface area contributed by atoms with Crippen LogP contribution in [0.1, 0.15) is 11.1 Å². The number of para-hydroxylation sites is 1. The molecule has 80 valence electrons. The topological polar surface area (TPSA) is 15.8 Å². The second-order valence-corrected chi connectivity index (χ2v) is 4.63. The maximum atomic E-state index is 6.20. The van der Waals surface area contributed by atoms with Crippen molar-refractivity contribution in [3.63, 3.8) is 0 Å². The van der Waals surface area contributed by atoms with Crippen molar-refractivity contribution in [2.24, 2.45) is 0 Å². The highest BCUT2D eigenvalue weighted by Gasteiger charge is 2.10. The lowest BCUT2D eigenvalue weighted by atomic mass is 10.0. The van der Waals surface area contributed by atoms with E-state index >= 15 is 0 Å². The van der Waals surface area contributed by atoms with Gasteiger partial charge in [-0.25, -0.2) is 0 Å². The van der Waals surface area contributed by atoms with E-state index < -0.39 is 0 Å². The van der Waals surface area contributed by atoms with Crippen LogP contribution in [0.3, 0.4) is 0 Å². The van der Waals surface area contributed by atoms with E-state index in [1.54, 1.807) is 0 Å². The van der Waals surface area contributed by atoms with Crippen LogP contribution in [0.2, 0.25) is 5.02 Å². The van der Waals surface area contributed by atoms with Crippen LogP contribution in [-0.4, -0.2) is 4.98 Å². The first-order valence-electron chi connectivity index (χ1n) is 5.34. The number of nitrogens with one attached hydrogen (secondary N) is 1. The fraction of sp³-hybridized carbons (Fsp3) is 0.143. The molecule has 0 fully saturated rings. The van der Waals surface area contributed by atoms with Gasteiger partial charge in [0.1, 0.15) is 0 Å². The Hall–Kier alpha value is -1.47. The second-order valence-electron chi connectivity index (χ2n) is 4.22. The smallest absolute Gasteiger partial charge is 0.0512 e. The molecule has 0 spiro atoms. The molecule has 0 saturated heterocycles. The number of hydrogen-bond donors (Lipinski definition) is 1. The van der Waals surface area contributed by atoms with Crippen LogP contribution in [0.25, 0.3) is 21.8 Å². The third-order valence-electron chi connectivity index (χ3n) is 3.18. The van der Waals surface area contributed by atoms with Crippen molar-refractivity contribution in [1.82, 2.24) is 4.98 Å². The quantitative estimate of drug-likeness (QED) is 0.580. The highest BCUT2D eigenvalue weighted by Crippen LogP contribution is 2.33. The number of fused-ring (bicyclic) bond motifs is 3. The van der Waals surface area contributed by atoms with Crippen molar-refractivity contribution >= 4 is 33.4 Å². The molecule has 2 heteroatoms. The minimum absolute atomic E-state index is 0.830. The molecule has 0 aliphatic carbocycles. The largest absolute Gasteiger partial charge is 0.354 e. The first-order valence-corrected chi connectivity index (χ1v) is 5.72. The first-order chi connectivity index (χ1) is 7.68. The van der Waals surface area contributed by atoms with Crippen molar-refractivity contribution in [2.75, 3.05) is 0 Å². The molecule has 16 heavy (non-hydrogen) atoms. The Morgan fingerprint density at radius 3 is 2.69 bits per heavy atom. The fourth-order valence-corrected chi connectivity index (χ4v) is 2.58. The molecule has 0 radical (unpaired) electrons. The van der Waals surface area contributed by atoms with E-state index in [0.29, 0.717) is 0 Å². The van der Waals surface area contributed by atoms with Gasteiger partial charge in [0.25, 0.3) is 0 Å². The Balaban J connectivity index is 2.64. The molecule has 1 N–H and O–H groups in total. The SMILES string of the molecule is Cc1c(Cl)cc(C)c2c1[nH]c1ccccc12. The number of aromatic nitrogens is 1. The van der Waals surface area contributed by atoms with Gasteiger partial charge < -0.3 is 4.98 Å². The summed E-state index contributed by atoms with van der Waals surface area (Å²) >= 11 is 6.20. The minimum atomic E-state index is 0.830. The molecule has 0 saturated carbocycles. The molecule has 0 aliphatic heterocycles. The highest BCUT2D eigenvalue weighted by molar-refractivity contribution is 6.33. The maximum absolute atomic E-state index is 6.20. The standard InChI is InChI=1S/C14H12ClN/c1-8-7-11(15)9(2)14-13(8)10-5-3-4-6-12(10)16-14/h3-7,16H,1-2H3. The number of benzene rings is 2. The van der Waals surface area contributed by atoms with Crippen LogP contribution in [0.4, 0.5) is 0 Å². The number of hydrogen-bond acceptors (Lipinski definition) is 0. The summed E-state index contributed by atoms with van der Waals surface area (Å²) in [6, 6.07) is 10.4. The number of halogens is 1. The van der Waals surface area contributed by atoms with E-state index in [1.165, 1.54) is 21.9 Å². The molecule has 3 rings (SSSR count). The molecule has 0 aliphatic rings. The number of aryl methyl sites for hydroxylation is 2. The van der Waals surface area contributed by atoms with Crippen molar-refractivity contribution in [3.05, 3.63) is 46.5 Å². The summed E-state index contributed by atoms with van der Waals surface area (Å²) in [6.45, 7) is 4.16. The summed E-state index contributed by atoms with van der Waals surface area (Å²) in [4.78, 5) is 3.44. The molecule has 0 amide bonds. The molecule has 0 bridgehead atoms. The summed E-state index contributed by atoms with van der Waals surface area (Å²) in [7, 11) is 0. The molecule has 1 heterocycles. The van der Waals surface area contributed by atoms with Crippen LogP contribution in [0.5, 0.6) is 0 Å². The molecule has 0 unspecified atom stereocenters. The first kappa shape index (κ1) is 9.73. The lowest BCUT2D eigenvalue weighted by Gasteiger charge is -2.03. The molecule has 3 aromatic rings. The van der Waals surface area contributed by atoms with Crippen LogP contribution >= 0.6 is 11.6 Å². The Morgan fingerprint density at radius 1 is 1.12 bits per heavy atom. The van der Waals surface area contributed by atoms with Crippen LogP contribution < -0.4 is 0 Å². The van der Waals surface area contributed by atoms with Crippen molar-refractivity contribution < 1.29 is 0 Å². The monoisotopic (exact) mass is 229 g/mol. The number of H-pyrrole nitrogens is 1. The van der Waals surface area contributed by atoms with E-state index in [4.69, 9.17) is 11.6 Å². The van der Waals surface area contributed by atoms with E-state index in [9.17, 15) is 0 Å². The number of aromatic amines is 1. The van der Waals surface area contributed by atoms with Crippen LogP contribution in [0.15, 0.2) is 30.3 Å². The average Bonchev–Trinajstić information content (AvgIpc) is 2.65. The van der Waals surface area contributed by atoms with Crippen LogP contribution in [-0.2, 0) is 0 Å². The van der Waals surface area contributed by atoms with Gasteiger partial charge in [-0.3, -0.25) is 0 Å². The molecule has 2 aromatic carbocycles. The average molecular weight is 230 g/mol. The zero-order chi connectivity index (χ0) is 11.3. The van der Waals surface area contributed by atoms with E-state index in [1.807, 2.05) is 12.1 Å². The zero-order valence-electron chi connectivity index (χ0n) is 9.26. The molecule has 0 atom stereocenters. The summed E-state index contributed by atoms with van der Waals surface area (Å²) in [6.07, 6.45) is 0. The van der Waals surface area contributed by atoms with Gasteiger partial charge in [-0.05, 0) is 37.1 Å². The molecule has 1 aromatic heterocycles. The third-order valence-corrected chi connectivity index (χ3v) is 3.57. The third kappa shape index (κ3) is 1.18. The van der Waals surface area contributed by atoms with Gasteiger partial charge in [-0.2, -0.15) is 0 Å². The van der Waals surface area contributed by atoms with E-state index in [0.717, 1.165) is 16.1 Å². The molecule has 1 nitrogen and oxygen atoms in total. The van der Waals surface area contributed by atoms with Gasteiger partial charge in [-0.15, -0.1) is 0 Å². The summed E-state index contributed by atoms with van der Waals surface area (Å²) in [5.74, 6) is 0. The summed E-state index contributed by atoms with van der Waals surface area (Å²) < 4.78 is 0. The van der Waals surface area contributed by atoms with Gasteiger partial charge in [0.05, 0.1) is 5.52 Å². The second kappa shape index (κ2) is 3.26. The Bertz CT molecular complexity index is 695.